The van der Waals surface area contributed by atoms with Gasteiger partial charge in [0.15, 0.2) is 0 Å². The first-order valence-electron chi connectivity index (χ1n) is 5.67. The summed E-state index contributed by atoms with van der Waals surface area (Å²) in [5, 5.41) is 10.5. The molecule has 0 bridgehead atoms. The molecule has 0 spiro atoms. The van der Waals surface area contributed by atoms with Gasteiger partial charge in [-0.15, -0.1) is 0 Å². The first kappa shape index (κ1) is 13.8. The molecule has 0 aliphatic rings. The summed E-state index contributed by atoms with van der Waals surface area (Å²) in [6.45, 7) is 6.37. The molecule has 4 heteroatoms. The highest BCUT2D eigenvalue weighted by atomic mass is 32.2. The lowest BCUT2D eigenvalue weighted by Crippen LogP contribution is -1.93. The first-order chi connectivity index (χ1) is 8.08. The van der Waals surface area contributed by atoms with Crippen LogP contribution in [0.3, 0.4) is 0 Å². The molecule has 0 fully saturated rings. The van der Waals surface area contributed by atoms with Gasteiger partial charge in [-0.05, 0) is 36.3 Å². The van der Waals surface area contributed by atoms with Crippen molar-refractivity contribution in [1.82, 2.24) is 0 Å². The molecule has 92 valence electrons. The number of hydrogen-bond donors (Lipinski definition) is 0. The minimum absolute atomic E-state index is 0.139. The van der Waals surface area contributed by atoms with Crippen molar-refractivity contribution in [3.8, 4) is 0 Å². The van der Waals surface area contributed by atoms with Gasteiger partial charge >= 0.3 is 0 Å². The van der Waals surface area contributed by atoms with Gasteiger partial charge in [0.25, 0.3) is 5.69 Å². The fourth-order valence-electron chi connectivity index (χ4n) is 1.42. The largest absolute Gasteiger partial charge is 0.269 e. The summed E-state index contributed by atoms with van der Waals surface area (Å²) in [4.78, 5) is 12.5. The van der Waals surface area contributed by atoms with E-state index in [-0.39, 0.29) is 10.6 Å². The van der Waals surface area contributed by atoms with Crippen molar-refractivity contribution in [3.05, 3.63) is 45.4 Å². The van der Waals surface area contributed by atoms with Crippen LogP contribution in [0.1, 0.15) is 27.2 Å². The normalized spacial score (nSPS) is 13.5. The third-order valence-electron chi connectivity index (χ3n) is 2.67. The standard InChI is InChI=1S/C13H17NO2S/c1-4-10(3)13(5-2)17-12-8-6-11(7-9-12)14(15)16/h5-10H,4H2,1-3H3/b13-5+. The Balaban J connectivity index is 2.78. The van der Waals surface area contributed by atoms with Gasteiger partial charge in [0.1, 0.15) is 0 Å². The van der Waals surface area contributed by atoms with Gasteiger partial charge in [-0.2, -0.15) is 0 Å². The highest BCUT2D eigenvalue weighted by Crippen LogP contribution is 2.33. The maximum atomic E-state index is 10.5. The molecule has 3 nitrogen and oxygen atoms in total. The van der Waals surface area contributed by atoms with Crippen LogP contribution in [0.5, 0.6) is 0 Å². The molecule has 1 rings (SSSR count). The number of hydrogen-bond acceptors (Lipinski definition) is 3. The topological polar surface area (TPSA) is 43.1 Å². The SMILES string of the molecule is C/C=C(/Sc1ccc([N+](=O)[O-])cc1)C(C)CC. The maximum Gasteiger partial charge on any atom is 0.269 e. The van der Waals surface area contributed by atoms with Gasteiger partial charge < -0.3 is 0 Å². The smallest absolute Gasteiger partial charge is 0.258 e. The van der Waals surface area contributed by atoms with Crippen molar-refractivity contribution < 1.29 is 4.92 Å². The number of benzene rings is 1. The average Bonchev–Trinajstić information content (AvgIpc) is 2.35. The molecular weight excluding hydrogens is 234 g/mol. The first-order valence-corrected chi connectivity index (χ1v) is 6.48. The van der Waals surface area contributed by atoms with E-state index in [0.717, 1.165) is 11.3 Å². The minimum Gasteiger partial charge on any atom is -0.258 e. The molecule has 0 saturated carbocycles. The van der Waals surface area contributed by atoms with Crippen LogP contribution < -0.4 is 0 Å². The monoisotopic (exact) mass is 251 g/mol. The molecule has 1 atom stereocenters. The van der Waals surface area contributed by atoms with E-state index in [1.54, 1.807) is 36.0 Å². The van der Waals surface area contributed by atoms with Gasteiger partial charge in [0.05, 0.1) is 4.92 Å². The third-order valence-corrected chi connectivity index (χ3v) is 4.05. The van der Waals surface area contributed by atoms with Crippen molar-refractivity contribution >= 4 is 17.4 Å². The highest BCUT2D eigenvalue weighted by Gasteiger charge is 2.09. The van der Waals surface area contributed by atoms with E-state index >= 15 is 0 Å². The zero-order valence-corrected chi connectivity index (χ0v) is 11.2. The quantitative estimate of drug-likeness (QED) is 0.435. The predicted molar refractivity (Wildman–Crippen MR) is 72.2 cm³/mol. The van der Waals surface area contributed by atoms with Crippen molar-refractivity contribution in [1.29, 1.82) is 0 Å². The summed E-state index contributed by atoms with van der Waals surface area (Å²) in [5.74, 6) is 0.528. The predicted octanol–water partition coefficient (Wildman–Crippen LogP) is 4.64. The van der Waals surface area contributed by atoms with E-state index in [1.807, 2.05) is 6.92 Å². The number of thioether (sulfide) groups is 1. The summed E-state index contributed by atoms with van der Waals surface area (Å²) < 4.78 is 0. The van der Waals surface area contributed by atoms with Crippen molar-refractivity contribution in [2.45, 2.75) is 32.1 Å². The summed E-state index contributed by atoms with van der Waals surface area (Å²) in [6, 6.07) is 6.70. The lowest BCUT2D eigenvalue weighted by molar-refractivity contribution is -0.384. The fraction of sp³-hybridized carbons (Fsp3) is 0.385. The Kier molecular flexibility index (Phi) is 5.22. The molecule has 1 aromatic rings. The van der Waals surface area contributed by atoms with Gasteiger partial charge in [-0.25, -0.2) is 0 Å². The zero-order valence-electron chi connectivity index (χ0n) is 10.3. The minimum atomic E-state index is -0.375. The molecule has 0 radical (unpaired) electrons. The molecule has 1 unspecified atom stereocenters. The Morgan fingerprint density at radius 3 is 2.47 bits per heavy atom. The highest BCUT2D eigenvalue weighted by molar-refractivity contribution is 8.03. The maximum absolute atomic E-state index is 10.5. The second-order valence-corrected chi connectivity index (χ2v) is 5.00. The lowest BCUT2D eigenvalue weighted by Gasteiger charge is -2.12. The van der Waals surface area contributed by atoms with Crippen LogP contribution in [-0.4, -0.2) is 4.92 Å². The summed E-state index contributed by atoms with van der Waals surface area (Å²) in [6.07, 6.45) is 3.21. The molecule has 0 amide bonds. The van der Waals surface area contributed by atoms with Gasteiger partial charge in [-0.3, -0.25) is 10.1 Å². The Morgan fingerprint density at radius 1 is 1.47 bits per heavy atom. The van der Waals surface area contributed by atoms with Crippen LogP contribution in [0, 0.1) is 16.0 Å². The lowest BCUT2D eigenvalue weighted by atomic mass is 10.1. The van der Waals surface area contributed by atoms with Crippen LogP contribution in [-0.2, 0) is 0 Å². The molecule has 0 saturated heterocycles. The Hall–Kier alpha value is -1.29. The van der Waals surface area contributed by atoms with E-state index < -0.39 is 0 Å². The number of nitrogens with zero attached hydrogens (tertiary/aromatic N) is 1. The van der Waals surface area contributed by atoms with Crippen LogP contribution in [0.4, 0.5) is 5.69 Å². The van der Waals surface area contributed by atoms with Crippen molar-refractivity contribution in [2.24, 2.45) is 5.92 Å². The number of non-ortho nitro benzene ring substituents is 1. The molecule has 0 N–H and O–H groups in total. The van der Waals surface area contributed by atoms with E-state index in [0.29, 0.717) is 5.92 Å². The number of allylic oxidation sites excluding steroid dienone is 2. The van der Waals surface area contributed by atoms with Crippen LogP contribution in [0.25, 0.3) is 0 Å². The van der Waals surface area contributed by atoms with Crippen LogP contribution >= 0.6 is 11.8 Å². The zero-order chi connectivity index (χ0) is 12.8. The number of rotatable bonds is 5. The van der Waals surface area contributed by atoms with Crippen LogP contribution in [0.2, 0.25) is 0 Å². The van der Waals surface area contributed by atoms with Crippen molar-refractivity contribution in [3.63, 3.8) is 0 Å². The van der Waals surface area contributed by atoms with Crippen molar-refractivity contribution in [2.75, 3.05) is 0 Å². The second-order valence-electron chi connectivity index (χ2n) is 3.85. The molecule has 0 heterocycles. The molecular formula is C13H17NO2S. The molecule has 0 aliphatic heterocycles. The molecule has 17 heavy (non-hydrogen) atoms. The molecule has 0 aromatic heterocycles. The third kappa shape index (κ3) is 3.89. The van der Waals surface area contributed by atoms with E-state index in [4.69, 9.17) is 0 Å². The van der Waals surface area contributed by atoms with E-state index in [1.165, 1.54) is 4.91 Å². The van der Waals surface area contributed by atoms with Gasteiger partial charge in [0, 0.05) is 17.0 Å². The molecule has 0 aliphatic carbocycles. The summed E-state index contributed by atoms with van der Waals surface area (Å²) >= 11 is 1.68. The Morgan fingerprint density at radius 2 is 2.06 bits per heavy atom. The van der Waals surface area contributed by atoms with Gasteiger partial charge in [-0.1, -0.05) is 31.7 Å². The van der Waals surface area contributed by atoms with Crippen LogP contribution in [0.15, 0.2) is 40.1 Å². The summed E-state index contributed by atoms with van der Waals surface area (Å²) in [5.41, 5.74) is 0.139. The number of nitro groups is 1. The Bertz CT molecular complexity index is 412. The van der Waals surface area contributed by atoms with Gasteiger partial charge in [0.2, 0.25) is 0 Å². The fourth-order valence-corrected chi connectivity index (χ4v) is 2.45. The number of nitro benzene ring substituents is 1. The average molecular weight is 251 g/mol. The summed E-state index contributed by atoms with van der Waals surface area (Å²) in [7, 11) is 0. The van der Waals surface area contributed by atoms with E-state index in [9.17, 15) is 10.1 Å². The molecule has 1 aromatic carbocycles. The van der Waals surface area contributed by atoms with E-state index in [2.05, 4.69) is 19.9 Å². The Labute approximate surface area is 106 Å². The second kappa shape index (κ2) is 6.45.